The summed E-state index contributed by atoms with van der Waals surface area (Å²) in [5.74, 6) is -1.13. The monoisotopic (exact) mass is 219 g/mol. The highest BCUT2D eigenvalue weighted by Crippen LogP contribution is 2.25. The summed E-state index contributed by atoms with van der Waals surface area (Å²) in [4.78, 5) is 22.9. The summed E-state index contributed by atoms with van der Waals surface area (Å²) in [7, 11) is 0. The predicted octanol–water partition coefficient (Wildman–Crippen LogP) is 1.15. The molecule has 1 atom stereocenters. The molecule has 0 fully saturated rings. The second kappa shape index (κ2) is 3.72. The van der Waals surface area contributed by atoms with Gasteiger partial charge in [-0.05, 0) is 43.0 Å². The number of rotatable bonds is 1. The van der Waals surface area contributed by atoms with Crippen LogP contribution in [0.25, 0.3) is 0 Å². The Labute approximate surface area is 93.1 Å². The Bertz CT molecular complexity index is 479. The zero-order chi connectivity index (χ0) is 11.9. The molecule has 1 unspecified atom stereocenters. The Morgan fingerprint density at radius 1 is 1.50 bits per heavy atom. The zero-order valence-corrected chi connectivity index (χ0v) is 8.99. The SMILES string of the molecule is Cc1cc(C(=O)O)c2c(c1)C(=O)C(N)CC2. The third-order valence-electron chi connectivity index (χ3n) is 2.93. The van der Waals surface area contributed by atoms with Crippen molar-refractivity contribution in [1.29, 1.82) is 0 Å². The lowest BCUT2D eigenvalue weighted by Gasteiger charge is -2.22. The molecule has 0 aliphatic heterocycles. The van der Waals surface area contributed by atoms with Crippen LogP contribution < -0.4 is 5.73 Å². The number of carbonyl (C=O) groups is 2. The maximum atomic E-state index is 11.8. The van der Waals surface area contributed by atoms with Crippen LogP contribution in [-0.4, -0.2) is 22.9 Å². The summed E-state index contributed by atoms with van der Waals surface area (Å²) in [5, 5.41) is 9.07. The van der Waals surface area contributed by atoms with Crippen molar-refractivity contribution in [1.82, 2.24) is 0 Å². The van der Waals surface area contributed by atoms with Crippen molar-refractivity contribution < 1.29 is 14.7 Å². The van der Waals surface area contributed by atoms with Gasteiger partial charge in [-0.1, -0.05) is 0 Å². The highest BCUT2D eigenvalue weighted by atomic mass is 16.4. The van der Waals surface area contributed by atoms with Crippen LogP contribution in [0, 0.1) is 6.92 Å². The van der Waals surface area contributed by atoms with Crippen molar-refractivity contribution in [2.75, 3.05) is 0 Å². The van der Waals surface area contributed by atoms with Crippen molar-refractivity contribution in [2.45, 2.75) is 25.8 Å². The van der Waals surface area contributed by atoms with E-state index in [1.54, 1.807) is 19.1 Å². The molecule has 0 saturated heterocycles. The van der Waals surface area contributed by atoms with Gasteiger partial charge in [0.05, 0.1) is 11.6 Å². The van der Waals surface area contributed by atoms with Crippen LogP contribution in [0.1, 0.15) is 38.3 Å². The minimum atomic E-state index is -0.983. The van der Waals surface area contributed by atoms with Crippen LogP contribution in [0.4, 0.5) is 0 Å². The van der Waals surface area contributed by atoms with Gasteiger partial charge in [0.1, 0.15) is 0 Å². The lowest BCUT2D eigenvalue weighted by Crippen LogP contribution is -2.36. The van der Waals surface area contributed by atoms with Gasteiger partial charge < -0.3 is 10.8 Å². The van der Waals surface area contributed by atoms with E-state index in [0.717, 1.165) is 5.56 Å². The number of Topliss-reactive ketones (excluding diaryl/α,β-unsaturated/α-hetero) is 1. The molecule has 1 aromatic carbocycles. The van der Waals surface area contributed by atoms with E-state index >= 15 is 0 Å². The van der Waals surface area contributed by atoms with E-state index in [2.05, 4.69) is 0 Å². The second-order valence-electron chi connectivity index (χ2n) is 4.15. The fourth-order valence-corrected chi connectivity index (χ4v) is 2.13. The number of ketones is 1. The number of hydrogen-bond acceptors (Lipinski definition) is 3. The van der Waals surface area contributed by atoms with Crippen molar-refractivity contribution in [3.05, 3.63) is 34.4 Å². The number of carboxylic acid groups (broad SMARTS) is 1. The molecule has 16 heavy (non-hydrogen) atoms. The van der Waals surface area contributed by atoms with Crippen molar-refractivity contribution in [3.8, 4) is 0 Å². The number of carboxylic acids is 1. The minimum Gasteiger partial charge on any atom is -0.478 e. The molecule has 1 aromatic rings. The van der Waals surface area contributed by atoms with Crippen LogP contribution in [0.3, 0.4) is 0 Å². The second-order valence-corrected chi connectivity index (χ2v) is 4.15. The van der Waals surface area contributed by atoms with Gasteiger partial charge in [0.25, 0.3) is 0 Å². The molecule has 4 nitrogen and oxygen atoms in total. The van der Waals surface area contributed by atoms with E-state index in [4.69, 9.17) is 10.8 Å². The quantitative estimate of drug-likeness (QED) is 0.742. The van der Waals surface area contributed by atoms with E-state index in [9.17, 15) is 9.59 Å². The van der Waals surface area contributed by atoms with Crippen LogP contribution >= 0.6 is 0 Å². The summed E-state index contributed by atoms with van der Waals surface area (Å²) >= 11 is 0. The average molecular weight is 219 g/mol. The molecule has 84 valence electrons. The van der Waals surface area contributed by atoms with Gasteiger partial charge in [-0.2, -0.15) is 0 Å². The van der Waals surface area contributed by atoms with Gasteiger partial charge in [-0.25, -0.2) is 4.79 Å². The lowest BCUT2D eigenvalue weighted by molar-refractivity contribution is 0.0695. The number of hydrogen-bond donors (Lipinski definition) is 2. The lowest BCUT2D eigenvalue weighted by atomic mass is 9.84. The number of carbonyl (C=O) groups excluding carboxylic acids is 1. The van der Waals surface area contributed by atoms with E-state index in [1.807, 2.05) is 0 Å². The summed E-state index contributed by atoms with van der Waals surface area (Å²) in [6.07, 6.45) is 1.08. The summed E-state index contributed by atoms with van der Waals surface area (Å²) in [6, 6.07) is 2.84. The highest BCUT2D eigenvalue weighted by Gasteiger charge is 2.28. The topological polar surface area (TPSA) is 80.4 Å². The molecule has 0 amide bonds. The first-order chi connectivity index (χ1) is 7.50. The normalized spacial score (nSPS) is 19.4. The molecule has 3 N–H and O–H groups in total. The number of benzene rings is 1. The Morgan fingerprint density at radius 3 is 2.81 bits per heavy atom. The number of fused-ring (bicyclic) bond motifs is 1. The van der Waals surface area contributed by atoms with Crippen LogP contribution in [-0.2, 0) is 6.42 Å². The molecule has 1 aliphatic rings. The maximum Gasteiger partial charge on any atom is 0.335 e. The van der Waals surface area contributed by atoms with Gasteiger partial charge in [0.15, 0.2) is 5.78 Å². The zero-order valence-electron chi connectivity index (χ0n) is 8.99. The number of aromatic carboxylic acids is 1. The molecule has 0 spiro atoms. The van der Waals surface area contributed by atoms with Crippen LogP contribution in [0.15, 0.2) is 12.1 Å². The smallest absolute Gasteiger partial charge is 0.335 e. The highest BCUT2D eigenvalue weighted by molar-refractivity contribution is 6.05. The molecule has 2 rings (SSSR count). The van der Waals surface area contributed by atoms with E-state index in [1.165, 1.54) is 0 Å². The standard InChI is InChI=1S/C12H13NO3/c1-6-4-8-7(9(5-6)12(15)16)2-3-10(13)11(8)14/h4-5,10H,2-3,13H2,1H3,(H,15,16). The number of nitrogens with two attached hydrogens (primary N) is 1. The van der Waals surface area contributed by atoms with Gasteiger partial charge in [-0.15, -0.1) is 0 Å². The first-order valence-electron chi connectivity index (χ1n) is 5.17. The first kappa shape index (κ1) is 10.8. The van der Waals surface area contributed by atoms with E-state index < -0.39 is 12.0 Å². The molecule has 4 heteroatoms. The van der Waals surface area contributed by atoms with Crippen molar-refractivity contribution in [3.63, 3.8) is 0 Å². The largest absolute Gasteiger partial charge is 0.478 e. The average Bonchev–Trinajstić information content (AvgIpc) is 2.23. The van der Waals surface area contributed by atoms with Crippen molar-refractivity contribution in [2.24, 2.45) is 5.73 Å². The first-order valence-corrected chi connectivity index (χ1v) is 5.17. The van der Waals surface area contributed by atoms with Crippen LogP contribution in [0.5, 0.6) is 0 Å². The van der Waals surface area contributed by atoms with E-state index in [0.29, 0.717) is 24.0 Å². The Kier molecular flexibility index (Phi) is 2.52. The van der Waals surface area contributed by atoms with Crippen LogP contribution in [0.2, 0.25) is 0 Å². The molecule has 1 aliphatic carbocycles. The van der Waals surface area contributed by atoms with Gasteiger partial charge in [0.2, 0.25) is 0 Å². The summed E-state index contributed by atoms with van der Waals surface area (Å²) in [5.41, 5.74) is 7.79. The maximum absolute atomic E-state index is 11.8. The van der Waals surface area contributed by atoms with Gasteiger partial charge in [-0.3, -0.25) is 4.79 Å². The summed E-state index contributed by atoms with van der Waals surface area (Å²) in [6.45, 7) is 1.78. The molecule has 0 radical (unpaired) electrons. The third-order valence-corrected chi connectivity index (χ3v) is 2.93. The number of aryl methyl sites for hydroxylation is 1. The Balaban J connectivity index is 2.65. The minimum absolute atomic E-state index is 0.146. The van der Waals surface area contributed by atoms with Crippen molar-refractivity contribution >= 4 is 11.8 Å². The Hall–Kier alpha value is -1.68. The van der Waals surface area contributed by atoms with Gasteiger partial charge >= 0.3 is 5.97 Å². The molecular weight excluding hydrogens is 206 g/mol. The molecule has 0 heterocycles. The fraction of sp³-hybridized carbons (Fsp3) is 0.333. The van der Waals surface area contributed by atoms with Gasteiger partial charge in [0, 0.05) is 5.56 Å². The molecular formula is C12H13NO3. The third kappa shape index (κ3) is 1.61. The predicted molar refractivity (Wildman–Crippen MR) is 58.8 cm³/mol. The Morgan fingerprint density at radius 2 is 2.19 bits per heavy atom. The summed E-state index contributed by atoms with van der Waals surface area (Å²) < 4.78 is 0. The van der Waals surface area contributed by atoms with E-state index in [-0.39, 0.29) is 11.3 Å². The molecule has 0 bridgehead atoms. The molecule has 0 aromatic heterocycles. The fourth-order valence-electron chi connectivity index (χ4n) is 2.13. The molecule has 0 saturated carbocycles.